The molecule has 0 aromatic heterocycles. The van der Waals surface area contributed by atoms with Crippen LogP contribution in [-0.4, -0.2) is 0 Å². The molecule has 0 aliphatic carbocycles. The summed E-state index contributed by atoms with van der Waals surface area (Å²) in [5, 5.41) is 19.0. The summed E-state index contributed by atoms with van der Waals surface area (Å²) in [6, 6.07) is 67.7. The lowest BCUT2D eigenvalue weighted by Crippen LogP contribution is -2.16. The van der Waals surface area contributed by atoms with Crippen LogP contribution in [0.25, 0.3) is 81.5 Å². The van der Waals surface area contributed by atoms with Crippen molar-refractivity contribution in [3.63, 3.8) is 0 Å². The van der Waals surface area contributed by atoms with Crippen molar-refractivity contribution < 1.29 is 0 Å². The van der Waals surface area contributed by atoms with Gasteiger partial charge in [0.1, 0.15) is 0 Å². The highest BCUT2D eigenvalue weighted by Gasteiger charge is 2.15. The SMILES string of the molecule is NC(/C=C(\NCc1ccc(-c2c3ccccc3cc3c2ccc2ccccc23)cc1)c1ccc2c3ccccc3c3ccccc3c2c1)c1ccccc1. The molecule has 0 spiro atoms. The van der Waals surface area contributed by atoms with Gasteiger partial charge in [0.25, 0.3) is 0 Å². The van der Waals surface area contributed by atoms with Crippen molar-refractivity contribution in [2.24, 2.45) is 5.73 Å². The first-order valence-electron chi connectivity index (χ1n) is 18.7. The predicted octanol–water partition coefficient (Wildman–Crippen LogP) is 13.1. The Bertz CT molecular complexity index is 3010. The third-order valence-electron chi connectivity index (χ3n) is 11.1. The average Bonchev–Trinajstić information content (AvgIpc) is 3.24. The van der Waals surface area contributed by atoms with Crippen LogP contribution < -0.4 is 11.1 Å². The van der Waals surface area contributed by atoms with Gasteiger partial charge in [-0.3, -0.25) is 0 Å². The van der Waals surface area contributed by atoms with E-state index in [1.54, 1.807) is 0 Å². The van der Waals surface area contributed by atoms with Crippen molar-refractivity contribution in [3.05, 3.63) is 211 Å². The Balaban J connectivity index is 1.04. The van der Waals surface area contributed by atoms with Crippen LogP contribution in [0.15, 0.2) is 194 Å². The van der Waals surface area contributed by atoms with E-state index in [0.29, 0.717) is 6.54 Å². The van der Waals surface area contributed by atoms with Gasteiger partial charge in [-0.1, -0.05) is 176 Å². The predicted molar refractivity (Wildman–Crippen MR) is 232 cm³/mol. The van der Waals surface area contributed by atoms with Crippen molar-refractivity contribution in [3.8, 4) is 11.1 Å². The van der Waals surface area contributed by atoms with Gasteiger partial charge in [-0.2, -0.15) is 0 Å². The molecule has 54 heavy (non-hydrogen) atoms. The van der Waals surface area contributed by atoms with Crippen LogP contribution in [0.3, 0.4) is 0 Å². The highest BCUT2D eigenvalue weighted by Crippen LogP contribution is 2.40. The molecular formula is C52H38N2. The quantitative estimate of drug-likeness (QED) is 0.129. The molecule has 3 N–H and O–H groups in total. The first-order valence-corrected chi connectivity index (χ1v) is 18.7. The molecule has 0 amide bonds. The molecule has 0 aliphatic heterocycles. The summed E-state index contributed by atoms with van der Waals surface area (Å²) in [4.78, 5) is 0. The number of hydrogen-bond donors (Lipinski definition) is 2. The third-order valence-corrected chi connectivity index (χ3v) is 11.1. The molecular weight excluding hydrogens is 653 g/mol. The number of fused-ring (bicyclic) bond motifs is 10. The van der Waals surface area contributed by atoms with E-state index in [1.807, 2.05) is 18.2 Å². The number of benzene rings is 10. The van der Waals surface area contributed by atoms with E-state index in [2.05, 4.69) is 181 Å². The van der Waals surface area contributed by atoms with Crippen LogP contribution in [-0.2, 0) is 6.54 Å². The van der Waals surface area contributed by atoms with E-state index in [9.17, 15) is 0 Å². The van der Waals surface area contributed by atoms with Crippen molar-refractivity contribution in [1.82, 2.24) is 5.32 Å². The van der Waals surface area contributed by atoms with Crippen LogP contribution in [0.1, 0.15) is 22.7 Å². The van der Waals surface area contributed by atoms with Gasteiger partial charge in [0.15, 0.2) is 0 Å². The molecule has 10 aromatic rings. The van der Waals surface area contributed by atoms with Crippen molar-refractivity contribution in [1.29, 1.82) is 0 Å². The Labute approximate surface area is 314 Å². The van der Waals surface area contributed by atoms with Crippen molar-refractivity contribution in [2.45, 2.75) is 12.6 Å². The molecule has 0 radical (unpaired) electrons. The first-order chi connectivity index (χ1) is 26.7. The molecule has 10 aromatic carbocycles. The highest BCUT2D eigenvalue weighted by molar-refractivity contribution is 6.25. The van der Waals surface area contributed by atoms with E-state index >= 15 is 0 Å². The van der Waals surface area contributed by atoms with Gasteiger partial charge in [-0.05, 0) is 111 Å². The molecule has 0 aliphatic rings. The molecule has 1 atom stereocenters. The van der Waals surface area contributed by atoms with E-state index in [4.69, 9.17) is 5.73 Å². The second-order valence-corrected chi connectivity index (χ2v) is 14.3. The summed E-state index contributed by atoms with van der Waals surface area (Å²) in [5.74, 6) is 0. The zero-order valence-electron chi connectivity index (χ0n) is 29.8. The minimum Gasteiger partial charge on any atom is -0.381 e. The average molecular weight is 691 g/mol. The lowest BCUT2D eigenvalue weighted by atomic mass is 9.89. The number of rotatable bonds is 7. The second-order valence-electron chi connectivity index (χ2n) is 14.3. The molecule has 0 saturated heterocycles. The fourth-order valence-corrected chi connectivity index (χ4v) is 8.40. The number of hydrogen-bond acceptors (Lipinski definition) is 2. The van der Waals surface area contributed by atoms with E-state index in [0.717, 1.165) is 16.8 Å². The second kappa shape index (κ2) is 13.3. The van der Waals surface area contributed by atoms with E-state index in [1.165, 1.54) is 81.3 Å². The Morgan fingerprint density at radius 1 is 0.444 bits per heavy atom. The van der Waals surface area contributed by atoms with Crippen LogP contribution in [0.2, 0.25) is 0 Å². The van der Waals surface area contributed by atoms with Gasteiger partial charge in [0.2, 0.25) is 0 Å². The van der Waals surface area contributed by atoms with Crippen LogP contribution >= 0.6 is 0 Å². The summed E-state index contributed by atoms with van der Waals surface area (Å²) >= 11 is 0. The van der Waals surface area contributed by atoms with Crippen molar-refractivity contribution in [2.75, 3.05) is 0 Å². The molecule has 0 fully saturated rings. The topological polar surface area (TPSA) is 38.0 Å². The molecule has 0 saturated carbocycles. The summed E-state index contributed by atoms with van der Waals surface area (Å²) in [6.07, 6.45) is 2.17. The molecule has 10 rings (SSSR count). The molecule has 0 bridgehead atoms. The lowest BCUT2D eigenvalue weighted by molar-refractivity contribution is 0.858. The Hall–Kier alpha value is -6.74. The Kier molecular flexibility index (Phi) is 7.90. The Morgan fingerprint density at radius 2 is 0.981 bits per heavy atom. The number of nitrogens with one attached hydrogen (secondary N) is 1. The number of nitrogens with two attached hydrogens (primary N) is 1. The Morgan fingerprint density at radius 3 is 1.69 bits per heavy atom. The van der Waals surface area contributed by atoms with Gasteiger partial charge in [0.05, 0.1) is 6.04 Å². The summed E-state index contributed by atoms with van der Waals surface area (Å²) in [6.45, 7) is 0.658. The van der Waals surface area contributed by atoms with Gasteiger partial charge < -0.3 is 11.1 Å². The van der Waals surface area contributed by atoms with Crippen LogP contribution in [0, 0.1) is 0 Å². The maximum Gasteiger partial charge on any atom is 0.0504 e. The monoisotopic (exact) mass is 690 g/mol. The molecule has 0 heterocycles. The van der Waals surface area contributed by atoms with E-state index < -0.39 is 0 Å². The smallest absolute Gasteiger partial charge is 0.0504 e. The van der Waals surface area contributed by atoms with Crippen molar-refractivity contribution >= 4 is 70.3 Å². The summed E-state index contributed by atoms with van der Waals surface area (Å²) in [7, 11) is 0. The first kappa shape index (κ1) is 32.0. The zero-order valence-corrected chi connectivity index (χ0v) is 29.8. The lowest BCUT2D eigenvalue weighted by Gasteiger charge is -2.18. The standard InChI is InChI=1S/C52H38N2/c53-50(36-13-2-1-3-14-36)32-51(39-27-28-46-44-20-9-8-18-42(44)43-19-10-11-21-45(43)49(46)31-39)54-33-34-22-24-37(25-23-34)52-41-17-7-5-15-38(41)30-48-40-16-6-4-12-35(40)26-29-47(48)52/h1-32,50,54H,33,53H2/b51-32-. The third kappa shape index (κ3) is 5.56. The summed E-state index contributed by atoms with van der Waals surface area (Å²) < 4.78 is 0. The fraction of sp³-hybridized carbons (Fsp3) is 0.0385. The normalized spacial score (nSPS) is 12.6. The molecule has 256 valence electrons. The van der Waals surface area contributed by atoms with Crippen LogP contribution in [0.5, 0.6) is 0 Å². The largest absolute Gasteiger partial charge is 0.381 e. The van der Waals surface area contributed by atoms with Gasteiger partial charge in [-0.15, -0.1) is 0 Å². The fourth-order valence-electron chi connectivity index (χ4n) is 8.40. The van der Waals surface area contributed by atoms with Gasteiger partial charge in [0, 0.05) is 12.2 Å². The maximum atomic E-state index is 6.87. The molecule has 1 unspecified atom stereocenters. The van der Waals surface area contributed by atoms with Gasteiger partial charge in [-0.25, -0.2) is 0 Å². The highest BCUT2D eigenvalue weighted by atomic mass is 14.9. The molecule has 2 nitrogen and oxygen atoms in total. The van der Waals surface area contributed by atoms with E-state index in [-0.39, 0.29) is 6.04 Å². The van der Waals surface area contributed by atoms with Gasteiger partial charge >= 0.3 is 0 Å². The van der Waals surface area contributed by atoms with Crippen LogP contribution in [0.4, 0.5) is 0 Å². The zero-order chi connectivity index (χ0) is 36.0. The summed E-state index contributed by atoms with van der Waals surface area (Å²) in [5.41, 5.74) is 13.8. The molecule has 2 heteroatoms. The minimum absolute atomic E-state index is 0.268. The maximum absolute atomic E-state index is 6.87. The minimum atomic E-state index is -0.268.